The van der Waals surface area contributed by atoms with Crippen LogP contribution in [0.15, 0.2) is 36.5 Å². The van der Waals surface area contributed by atoms with E-state index in [9.17, 15) is 13.6 Å². The molecular weight excluding hydrogens is 352 g/mol. The van der Waals surface area contributed by atoms with Crippen LogP contribution in [0.1, 0.15) is 16.8 Å². The fraction of sp³-hybridized carbons (Fsp3) is 0.263. The lowest BCUT2D eigenvalue weighted by Gasteiger charge is -2.23. The number of halogens is 2. The van der Waals surface area contributed by atoms with Crippen molar-refractivity contribution in [2.45, 2.75) is 6.42 Å². The van der Waals surface area contributed by atoms with E-state index in [-0.39, 0.29) is 11.3 Å². The number of hydrogen-bond donors (Lipinski definition) is 3. The minimum absolute atomic E-state index is 0.187. The molecule has 0 saturated carbocycles. The van der Waals surface area contributed by atoms with Gasteiger partial charge in [-0.3, -0.25) is 9.89 Å². The van der Waals surface area contributed by atoms with Crippen molar-refractivity contribution in [3.63, 3.8) is 0 Å². The van der Waals surface area contributed by atoms with Crippen molar-refractivity contribution >= 4 is 28.2 Å². The second kappa shape index (κ2) is 7.32. The molecular formula is C19H19F2N5O. The van der Waals surface area contributed by atoms with Gasteiger partial charge in [-0.15, -0.1) is 0 Å². The number of aromatic amines is 1. The molecule has 1 amide bonds. The van der Waals surface area contributed by atoms with E-state index in [2.05, 4.69) is 20.8 Å². The number of benzene rings is 2. The second-order valence-corrected chi connectivity index (χ2v) is 6.50. The van der Waals surface area contributed by atoms with E-state index < -0.39 is 17.5 Å². The number of amides is 1. The van der Waals surface area contributed by atoms with Gasteiger partial charge in [-0.2, -0.15) is 5.10 Å². The Labute approximate surface area is 154 Å². The van der Waals surface area contributed by atoms with Crippen molar-refractivity contribution < 1.29 is 13.6 Å². The van der Waals surface area contributed by atoms with Crippen LogP contribution in [0.2, 0.25) is 0 Å². The average Bonchev–Trinajstić information content (AvgIpc) is 2.94. The third-order valence-corrected chi connectivity index (χ3v) is 4.66. The normalized spacial score (nSPS) is 15.0. The van der Waals surface area contributed by atoms with Crippen LogP contribution in [-0.4, -0.2) is 42.3 Å². The van der Waals surface area contributed by atoms with Crippen LogP contribution < -0.4 is 15.5 Å². The Kier molecular flexibility index (Phi) is 4.72. The van der Waals surface area contributed by atoms with Crippen molar-refractivity contribution in [2.24, 2.45) is 0 Å². The molecule has 6 nitrogen and oxygen atoms in total. The van der Waals surface area contributed by atoms with E-state index in [1.54, 1.807) is 24.4 Å². The summed E-state index contributed by atoms with van der Waals surface area (Å²) < 4.78 is 28.6. The monoisotopic (exact) mass is 371 g/mol. The molecule has 2 aromatic carbocycles. The summed E-state index contributed by atoms with van der Waals surface area (Å²) in [5.41, 5.74) is 1.31. The Hall–Kier alpha value is -3.00. The Morgan fingerprint density at radius 1 is 1.11 bits per heavy atom. The number of aromatic nitrogens is 2. The molecule has 0 unspecified atom stereocenters. The number of anilines is 2. The van der Waals surface area contributed by atoms with Gasteiger partial charge in [-0.25, -0.2) is 8.78 Å². The van der Waals surface area contributed by atoms with Gasteiger partial charge in [0.25, 0.3) is 5.91 Å². The zero-order chi connectivity index (χ0) is 18.8. The van der Waals surface area contributed by atoms with Gasteiger partial charge in [0.15, 0.2) is 0 Å². The van der Waals surface area contributed by atoms with Crippen LogP contribution in [-0.2, 0) is 0 Å². The van der Waals surface area contributed by atoms with E-state index in [4.69, 9.17) is 0 Å². The lowest BCUT2D eigenvalue weighted by atomic mass is 10.1. The van der Waals surface area contributed by atoms with E-state index in [1.807, 2.05) is 4.90 Å². The largest absolute Gasteiger partial charge is 0.368 e. The fourth-order valence-electron chi connectivity index (χ4n) is 3.25. The maximum absolute atomic E-state index is 14.3. The number of carbonyl (C=O) groups excluding carboxylic acids is 1. The molecule has 1 aliphatic rings. The first-order valence-corrected chi connectivity index (χ1v) is 8.81. The first kappa shape index (κ1) is 17.4. The molecule has 3 aromatic rings. The van der Waals surface area contributed by atoms with Gasteiger partial charge in [-0.1, -0.05) is 0 Å². The van der Waals surface area contributed by atoms with Crippen molar-refractivity contribution in [3.05, 3.63) is 53.7 Å². The van der Waals surface area contributed by atoms with Gasteiger partial charge in [-0.05, 0) is 37.2 Å². The predicted octanol–water partition coefficient (Wildman–Crippen LogP) is 2.89. The van der Waals surface area contributed by atoms with Crippen molar-refractivity contribution in [2.75, 3.05) is 36.4 Å². The van der Waals surface area contributed by atoms with Crippen LogP contribution in [0.25, 0.3) is 10.9 Å². The van der Waals surface area contributed by atoms with Crippen LogP contribution in [0, 0.1) is 11.6 Å². The number of carbonyl (C=O) groups is 1. The molecule has 0 bridgehead atoms. The number of fused-ring (bicyclic) bond motifs is 1. The third kappa shape index (κ3) is 3.61. The Bertz CT molecular complexity index is 979. The Morgan fingerprint density at radius 3 is 2.89 bits per heavy atom. The molecule has 0 aliphatic carbocycles. The first-order valence-electron chi connectivity index (χ1n) is 8.81. The standard InChI is InChI=1S/C19H19F2N5O/c20-15-10-16(21)18(26-6-1-4-22-5-7-26)9-14(15)19(27)24-13-3-2-12-11-23-25-17(12)8-13/h2-3,8-11,22H,1,4-7H2,(H,23,25)(H,24,27). The number of rotatable bonds is 3. The highest BCUT2D eigenvalue weighted by molar-refractivity contribution is 6.05. The summed E-state index contributed by atoms with van der Waals surface area (Å²) in [6.45, 7) is 2.80. The van der Waals surface area contributed by atoms with Gasteiger partial charge in [0.05, 0.1) is 23.0 Å². The molecule has 1 saturated heterocycles. The molecule has 8 heteroatoms. The molecule has 1 aromatic heterocycles. The van der Waals surface area contributed by atoms with Crippen LogP contribution in [0.5, 0.6) is 0 Å². The van der Waals surface area contributed by atoms with E-state index >= 15 is 0 Å². The number of nitrogens with zero attached hydrogens (tertiary/aromatic N) is 2. The molecule has 1 aliphatic heterocycles. The number of H-pyrrole nitrogens is 1. The lowest BCUT2D eigenvalue weighted by molar-refractivity contribution is 0.102. The second-order valence-electron chi connectivity index (χ2n) is 6.50. The molecule has 0 radical (unpaired) electrons. The number of nitrogens with one attached hydrogen (secondary N) is 3. The summed E-state index contributed by atoms with van der Waals surface area (Å²) in [5, 5.41) is 13.5. The average molecular weight is 371 g/mol. The Morgan fingerprint density at radius 2 is 2.00 bits per heavy atom. The zero-order valence-electron chi connectivity index (χ0n) is 14.6. The highest BCUT2D eigenvalue weighted by Crippen LogP contribution is 2.25. The minimum atomic E-state index is -0.885. The summed E-state index contributed by atoms with van der Waals surface area (Å²) in [7, 11) is 0. The van der Waals surface area contributed by atoms with Gasteiger partial charge in [0.2, 0.25) is 0 Å². The van der Waals surface area contributed by atoms with E-state index in [0.29, 0.717) is 25.3 Å². The summed E-state index contributed by atoms with van der Waals surface area (Å²) in [6, 6.07) is 7.29. The third-order valence-electron chi connectivity index (χ3n) is 4.66. The summed E-state index contributed by atoms with van der Waals surface area (Å²) in [4.78, 5) is 14.4. The van der Waals surface area contributed by atoms with Crippen LogP contribution >= 0.6 is 0 Å². The van der Waals surface area contributed by atoms with Gasteiger partial charge < -0.3 is 15.5 Å². The maximum atomic E-state index is 14.3. The molecule has 4 rings (SSSR count). The SMILES string of the molecule is O=C(Nc1ccc2cn[nH]c2c1)c1cc(N2CCCNCC2)c(F)cc1F. The summed E-state index contributed by atoms with van der Waals surface area (Å²) in [5.74, 6) is -2.17. The molecule has 1 fully saturated rings. The topological polar surface area (TPSA) is 73.0 Å². The summed E-state index contributed by atoms with van der Waals surface area (Å²) in [6.07, 6.45) is 2.52. The van der Waals surface area contributed by atoms with Crippen LogP contribution in [0.3, 0.4) is 0 Å². The van der Waals surface area contributed by atoms with Gasteiger partial charge in [0, 0.05) is 36.8 Å². The van der Waals surface area contributed by atoms with Crippen LogP contribution in [0.4, 0.5) is 20.2 Å². The Balaban J connectivity index is 1.61. The van der Waals surface area contributed by atoms with Crippen molar-refractivity contribution in [1.29, 1.82) is 0 Å². The highest BCUT2D eigenvalue weighted by Gasteiger charge is 2.20. The van der Waals surface area contributed by atoms with Crippen molar-refractivity contribution in [3.8, 4) is 0 Å². The first-order chi connectivity index (χ1) is 13.1. The molecule has 27 heavy (non-hydrogen) atoms. The van der Waals surface area contributed by atoms with Crippen molar-refractivity contribution in [1.82, 2.24) is 15.5 Å². The van der Waals surface area contributed by atoms with E-state index in [0.717, 1.165) is 29.9 Å². The smallest absolute Gasteiger partial charge is 0.258 e. The highest BCUT2D eigenvalue weighted by atomic mass is 19.1. The lowest BCUT2D eigenvalue weighted by Crippen LogP contribution is -2.29. The maximum Gasteiger partial charge on any atom is 0.258 e. The van der Waals surface area contributed by atoms with E-state index in [1.165, 1.54) is 6.07 Å². The zero-order valence-corrected chi connectivity index (χ0v) is 14.6. The summed E-state index contributed by atoms with van der Waals surface area (Å²) >= 11 is 0. The quantitative estimate of drug-likeness (QED) is 0.662. The molecule has 2 heterocycles. The number of hydrogen-bond acceptors (Lipinski definition) is 4. The predicted molar refractivity (Wildman–Crippen MR) is 100 cm³/mol. The fourth-order valence-corrected chi connectivity index (χ4v) is 3.25. The molecule has 0 spiro atoms. The minimum Gasteiger partial charge on any atom is -0.368 e. The molecule has 0 atom stereocenters. The molecule has 140 valence electrons. The van der Waals surface area contributed by atoms with Gasteiger partial charge >= 0.3 is 0 Å². The molecule has 3 N–H and O–H groups in total. The van der Waals surface area contributed by atoms with Gasteiger partial charge in [0.1, 0.15) is 11.6 Å².